The zero-order valence-electron chi connectivity index (χ0n) is 35.5. The van der Waals surface area contributed by atoms with Gasteiger partial charge in [-0.3, -0.25) is 19.2 Å². The lowest BCUT2D eigenvalue weighted by atomic mass is 9.79. The number of piperidine rings is 1. The Kier molecular flexibility index (Phi) is 15.6. The number of carboxylic acid groups (broad SMARTS) is 1. The largest absolute Gasteiger partial charge is 0.508 e. The average Bonchev–Trinajstić information content (AvgIpc) is 3.85. The first-order valence-corrected chi connectivity index (χ1v) is 21.7. The Morgan fingerprint density at radius 2 is 1.66 bits per heavy atom. The quantitative estimate of drug-likeness (QED) is 0.0633. The summed E-state index contributed by atoms with van der Waals surface area (Å²) in [6.45, 7) is 5.53. The SMILES string of the molecule is COc1cc(C(=O)N2CC3CN(C(=O)Cc4c[nH]c5cc(Cl)ccc45)CC(C(=O)NC(CCCc4cccc(O)c4)C(=O)NCCCCCNC(=O)O)C3C2)ccc1OC(C)C. The number of unbranched alkanes of at least 4 members (excludes halogenated alkanes) is 2. The van der Waals surface area contributed by atoms with Crippen LogP contribution in [0.3, 0.4) is 0 Å². The molecule has 2 aliphatic rings. The lowest BCUT2D eigenvalue weighted by molar-refractivity contribution is -0.140. The second-order valence-electron chi connectivity index (χ2n) is 16.5. The fourth-order valence-corrected chi connectivity index (χ4v) is 8.74. The third-order valence-corrected chi connectivity index (χ3v) is 11.9. The second-order valence-corrected chi connectivity index (χ2v) is 16.9. The molecule has 1 aromatic heterocycles. The standard InChI is InChI=1S/C46H57ClN6O9/c1-28(2)62-40-16-13-30(20-41(40)61-3)45(58)53-25-32-24-52(42(55)21-31-23-50-39-22-33(47)14-15-35(31)39)27-37(36(32)26-53)43(56)51-38(12-8-10-29-9-7-11-34(54)19-29)44(57)48-17-5-4-6-18-49-46(59)60/h7,9,11,13-16,19-20,22-23,28,32,36-38,49-50,54H,4-6,8,10,12,17-18,21,24-27H2,1-3H3,(H,48,57)(H,51,56)(H,59,60). The van der Waals surface area contributed by atoms with Gasteiger partial charge in [-0.1, -0.05) is 29.8 Å². The van der Waals surface area contributed by atoms with E-state index in [1.165, 1.54) is 7.11 Å². The van der Waals surface area contributed by atoms with E-state index in [-0.39, 0.29) is 66.8 Å². The maximum Gasteiger partial charge on any atom is 0.404 e. The molecule has 0 radical (unpaired) electrons. The van der Waals surface area contributed by atoms with Gasteiger partial charge in [0, 0.05) is 67.0 Å². The number of hydrogen-bond donors (Lipinski definition) is 6. The van der Waals surface area contributed by atoms with E-state index in [1.807, 2.05) is 26.0 Å². The number of fused-ring (bicyclic) bond motifs is 2. The van der Waals surface area contributed by atoms with E-state index in [9.17, 15) is 29.1 Å². The number of ether oxygens (including phenoxy) is 2. The molecular weight excluding hydrogens is 816 g/mol. The number of halogens is 1. The molecule has 0 bridgehead atoms. The Bertz CT molecular complexity index is 2230. The highest BCUT2D eigenvalue weighted by molar-refractivity contribution is 6.31. The topological polar surface area (TPSA) is 203 Å². The molecule has 2 saturated heterocycles. The number of nitrogens with zero attached hydrogens (tertiary/aromatic N) is 2. The van der Waals surface area contributed by atoms with Gasteiger partial charge < -0.3 is 50.4 Å². The predicted molar refractivity (Wildman–Crippen MR) is 235 cm³/mol. The minimum atomic E-state index is -1.08. The Balaban J connectivity index is 1.21. The van der Waals surface area contributed by atoms with Gasteiger partial charge in [-0.25, -0.2) is 4.79 Å². The highest BCUT2D eigenvalue weighted by Crippen LogP contribution is 2.38. The van der Waals surface area contributed by atoms with Crippen molar-refractivity contribution in [3.8, 4) is 17.2 Å². The van der Waals surface area contributed by atoms with Crippen LogP contribution in [0.2, 0.25) is 5.02 Å². The van der Waals surface area contributed by atoms with Crippen molar-refractivity contribution in [2.75, 3.05) is 46.4 Å². The molecule has 0 saturated carbocycles. The number of methoxy groups -OCH3 is 1. The molecule has 5 amide bonds. The molecule has 3 heterocycles. The molecule has 332 valence electrons. The van der Waals surface area contributed by atoms with Gasteiger partial charge in [-0.05, 0) is 118 Å². The first kappa shape index (κ1) is 45.6. The Hall–Kier alpha value is -5.96. The van der Waals surface area contributed by atoms with E-state index in [0.29, 0.717) is 86.8 Å². The van der Waals surface area contributed by atoms with Crippen LogP contribution in [-0.2, 0) is 27.2 Å². The molecule has 2 aliphatic heterocycles. The minimum Gasteiger partial charge on any atom is -0.508 e. The molecule has 4 aromatic rings. The summed E-state index contributed by atoms with van der Waals surface area (Å²) in [6, 6.07) is 16.5. The number of carbonyl (C=O) groups excluding carboxylic acids is 4. The summed E-state index contributed by atoms with van der Waals surface area (Å²) in [5.74, 6) is -1.25. The van der Waals surface area contributed by atoms with Crippen molar-refractivity contribution >= 4 is 52.2 Å². The summed E-state index contributed by atoms with van der Waals surface area (Å²) in [5, 5.41) is 28.6. The van der Waals surface area contributed by atoms with E-state index in [0.717, 1.165) is 22.0 Å². The lowest BCUT2D eigenvalue weighted by Gasteiger charge is -2.40. The zero-order chi connectivity index (χ0) is 44.3. The van der Waals surface area contributed by atoms with Crippen molar-refractivity contribution in [3.63, 3.8) is 0 Å². The highest BCUT2D eigenvalue weighted by Gasteiger charge is 2.48. The molecule has 0 spiro atoms. The van der Waals surface area contributed by atoms with Crippen LogP contribution in [0.1, 0.15) is 67.4 Å². The van der Waals surface area contributed by atoms with Gasteiger partial charge in [0.1, 0.15) is 11.8 Å². The number of amides is 5. The van der Waals surface area contributed by atoms with E-state index in [2.05, 4.69) is 20.9 Å². The van der Waals surface area contributed by atoms with Crippen LogP contribution >= 0.6 is 11.6 Å². The van der Waals surface area contributed by atoms with Gasteiger partial charge in [-0.15, -0.1) is 0 Å². The summed E-state index contributed by atoms with van der Waals surface area (Å²) < 4.78 is 11.4. The third kappa shape index (κ3) is 11.9. The number of benzene rings is 3. The lowest BCUT2D eigenvalue weighted by Crippen LogP contribution is -2.56. The van der Waals surface area contributed by atoms with E-state index in [1.54, 1.807) is 64.5 Å². The van der Waals surface area contributed by atoms with Crippen molar-refractivity contribution in [1.29, 1.82) is 0 Å². The zero-order valence-corrected chi connectivity index (χ0v) is 36.2. The van der Waals surface area contributed by atoms with Crippen LogP contribution in [0.25, 0.3) is 10.9 Å². The van der Waals surface area contributed by atoms with E-state index < -0.39 is 18.1 Å². The van der Waals surface area contributed by atoms with E-state index in [4.69, 9.17) is 26.2 Å². The number of aromatic hydroxyl groups is 1. The molecule has 16 heteroatoms. The fraction of sp³-hybridized carbons (Fsp3) is 0.457. The van der Waals surface area contributed by atoms with Crippen molar-refractivity contribution < 1.29 is 43.7 Å². The molecule has 62 heavy (non-hydrogen) atoms. The normalized spacial score (nSPS) is 17.7. The van der Waals surface area contributed by atoms with Gasteiger partial charge in [0.15, 0.2) is 11.5 Å². The van der Waals surface area contributed by atoms with Crippen molar-refractivity contribution in [1.82, 2.24) is 30.7 Å². The van der Waals surface area contributed by atoms with Gasteiger partial charge in [0.2, 0.25) is 17.7 Å². The minimum absolute atomic E-state index is 0.0903. The molecule has 0 aliphatic carbocycles. The first-order chi connectivity index (χ1) is 29.8. The Labute approximate surface area is 366 Å². The molecular formula is C46H57ClN6O9. The van der Waals surface area contributed by atoms with Crippen LogP contribution in [0.4, 0.5) is 4.79 Å². The summed E-state index contributed by atoms with van der Waals surface area (Å²) in [6.07, 6.45) is 4.04. The number of H-pyrrole nitrogens is 1. The highest BCUT2D eigenvalue weighted by atomic mass is 35.5. The van der Waals surface area contributed by atoms with Crippen LogP contribution < -0.4 is 25.4 Å². The number of nitrogens with one attached hydrogen (secondary N) is 4. The summed E-state index contributed by atoms with van der Waals surface area (Å²) in [5.41, 5.74) is 2.91. The molecule has 6 N–H and O–H groups in total. The Morgan fingerprint density at radius 3 is 2.40 bits per heavy atom. The predicted octanol–water partition coefficient (Wildman–Crippen LogP) is 5.77. The number of rotatable bonds is 19. The molecule has 3 aromatic carbocycles. The second kappa shape index (κ2) is 21.2. The van der Waals surface area contributed by atoms with Crippen molar-refractivity contribution in [2.24, 2.45) is 17.8 Å². The monoisotopic (exact) mass is 872 g/mol. The fourth-order valence-electron chi connectivity index (χ4n) is 8.56. The van der Waals surface area contributed by atoms with Gasteiger partial charge in [0.25, 0.3) is 5.91 Å². The summed E-state index contributed by atoms with van der Waals surface area (Å²) in [7, 11) is 1.52. The van der Waals surface area contributed by atoms with Crippen molar-refractivity contribution in [3.05, 3.63) is 88.6 Å². The van der Waals surface area contributed by atoms with E-state index >= 15 is 0 Å². The first-order valence-electron chi connectivity index (χ1n) is 21.3. The van der Waals surface area contributed by atoms with Crippen LogP contribution in [0, 0.1) is 17.8 Å². The maximum atomic E-state index is 14.6. The third-order valence-electron chi connectivity index (χ3n) is 11.6. The summed E-state index contributed by atoms with van der Waals surface area (Å²) >= 11 is 6.21. The van der Waals surface area contributed by atoms with Gasteiger partial charge in [0.05, 0.1) is 25.6 Å². The molecule has 15 nitrogen and oxygen atoms in total. The number of likely N-dealkylation sites (tertiary alicyclic amines) is 2. The Morgan fingerprint density at radius 1 is 0.887 bits per heavy atom. The number of aryl methyl sites for hydroxylation is 1. The molecule has 6 rings (SSSR count). The number of hydrogen-bond acceptors (Lipinski definition) is 8. The van der Waals surface area contributed by atoms with Crippen molar-refractivity contribution in [2.45, 2.75) is 70.9 Å². The maximum absolute atomic E-state index is 14.6. The number of aromatic amines is 1. The number of aromatic nitrogens is 1. The van der Waals surface area contributed by atoms with Gasteiger partial charge >= 0.3 is 6.09 Å². The molecule has 4 atom stereocenters. The number of carbonyl (C=O) groups is 5. The van der Waals surface area contributed by atoms with Crippen LogP contribution in [-0.4, -0.2) is 113 Å². The van der Waals surface area contributed by atoms with Gasteiger partial charge in [-0.2, -0.15) is 0 Å². The van der Waals surface area contributed by atoms with Crippen LogP contribution in [0.15, 0.2) is 66.9 Å². The van der Waals surface area contributed by atoms with Crippen LogP contribution in [0.5, 0.6) is 17.2 Å². The average molecular weight is 873 g/mol. The smallest absolute Gasteiger partial charge is 0.404 e. The molecule has 4 unspecified atom stereocenters. The summed E-state index contributed by atoms with van der Waals surface area (Å²) in [4.78, 5) is 74.1. The number of phenols is 1. The number of phenolic OH excluding ortho intramolecular Hbond substituents is 1. The molecule has 2 fully saturated rings.